The summed E-state index contributed by atoms with van der Waals surface area (Å²) in [6, 6.07) is 15.4. The van der Waals surface area contributed by atoms with E-state index in [9.17, 15) is 9.59 Å². The number of hydrogen-bond acceptors (Lipinski definition) is 4. The Bertz CT molecular complexity index is 1420. The maximum Gasteiger partial charge on any atom is 0.332 e. The van der Waals surface area contributed by atoms with Crippen molar-refractivity contribution in [1.29, 1.82) is 0 Å². The van der Waals surface area contributed by atoms with Crippen LogP contribution in [-0.4, -0.2) is 18.7 Å². The zero-order valence-electron chi connectivity index (χ0n) is 18.7. The van der Waals surface area contributed by atoms with E-state index in [2.05, 4.69) is 37.9 Å². The van der Waals surface area contributed by atoms with Crippen molar-refractivity contribution in [1.82, 2.24) is 18.7 Å². The molecule has 4 rings (SSSR count). The first-order valence-electron chi connectivity index (χ1n) is 10.3. The number of rotatable bonds is 4. The number of para-hydroxylation sites is 1. The number of benzene rings is 2. The summed E-state index contributed by atoms with van der Waals surface area (Å²) in [5, 5.41) is 0.419. The predicted molar refractivity (Wildman–Crippen MR) is 126 cm³/mol. The molecule has 2 aromatic heterocycles. The van der Waals surface area contributed by atoms with Crippen LogP contribution in [0.25, 0.3) is 11.2 Å². The molecule has 0 bridgehead atoms. The highest BCUT2D eigenvalue weighted by Crippen LogP contribution is 2.30. The fourth-order valence-electron chi connectivity index (χ4n) is 3.57. The van der Waals surface area contributed by atoms with Gasteiger partial charge in [0.1, 0.15) is 5.75 Å². The van der Waals surface area contributed by atoms with Gasteiger partial charge in [-0.05, 0) is 28.7 Å². The van der Waals surface area contributed by atoms with Gasteiger partial charge in [0, 0.05) is 14.1 Å². The van der Waals surface area contributed by atoms with E-state index in [1.54, 1.807) is 35.9 Å². The first-order valence-corrected chi connectivity index (χ1v) is 10.6. The third-order valence-corrected chi connectivity index (χ3v) is 5.82. The van der Waals surface area contributed by atoms with Crippen molar-refractivity contribution >= 4 is 22.8 Å². The first-order chi connectivity index (χ1) is 15.1. The van der Waals surface area contributed by atoms with Crippen LogP contribution >= 0.6 is 11.6 Å². The van der Waals surface area contributed by atoms with Crippen LogP contribution in [0, 0.1) is 0 Å². The predicted octanol–water partition coefficient (Wildman–Crippen LogP) is 4.23. The van der Waals surface area contributed by atoms with Gasteiger partial charge >= 0.3 is 11.7 Å². The van der Waals surface area contributed by atoms with Crippen molar-refractivity contribution in [3.05, 3.63) is 85.5 Å². The lowest BCUT2D eigenvalue weighted by molar-refractivity contribution is 0.421. The lowest BCUT2D eigenvalue weighted by atomic mass is 9.87. The van der Waals surface area contributed by atoms with Crippen LogP contribution in [0.5, 0.6) is 11.8 Å². The Kier molecular flexibility index (Phi) is 5.46. The standard InChI is InChI=1S/C24H25ClN4O3/c1-24(2,3)16-12-10-15(11-13-16)14-29-19-20(27(4)23(31)28(5)21(19)30)26-22(29)32-18-9-7-6-8-17(18)25/h6-13H,14H2,1-5H3. The molecule has 2 aromatic carbocycles. The van der Waals surface area contributed by atoms with E-state index in [0.29, 0.717) is 17.3 Å². The molecule has 7 nitrogen and oxygen atoms in total. The van der Waals surface area contributed by atoms with Gasteiger partial charge in [0.2, 0.25) is 0 Å². The molecular weight excluding hydrogens is 428 g/mol. The number of imidazole rings is 1. The maximum atomic E-state index is 13.0. The highest BCUT2D eigenvalue weighted by Gasteiger charge is 2.22. The van der Waals surface area contributed by atoms with Crippen LogP contribution in [0.3, 0.4) is 0 Å². The number of ether oxygens (including phenoxy) is 1. The molecule has 0 aliphatic rings. The Morgan fingerprint density at radius 1 is 0.969 bits per heavy atom. The minimum atomic E-state index is -0.453. The van der Waals surface area contributed by atoms with E-state index in [4.69, 9.17) is 16.3 Å². The van der Waals surface area contributed by atoms with Gasteiger partial charge in [-0.2, -0.15) is 4.98 Å². The molecule has 0 saturated carbocycles. The van der Waals surface area contributed by atoms with Crippen molar-refractivity contribution in [2.45, 2.75) is 32.7 Å². The van der Waals surface area contributed by atoms with Crippen molar-refractivity contribution < 1.29 is 4.74 Å². The van der Waals surface area contributed by atoms with E-state index in [0.717, 1.165) is 10.1 Å². The van der Waals surface area contributed by atoms with E-state index in [1.165, 1.54) is 17.2 Å². The molecule has 0 unspecified atom stereocenters. The second-order valence-electron chi connectivity index (χ2n) is 8.84. The van der Waals surface area contributed by atoms with Gasteiger partial charge in [-0.3, -0.25) is 18.5 Å². The fourth-order valence-corrected chi connectivity index (χ4v) is 3.74. The molecule has 166 valence electrons. The lowest BCUT2D eigenvalue weighted by Crippen LogP contribution is -2.37. The van der Waals surface area contributed by atoms with Crippen LogP contribution in [0.15, 0.2) is 58.1 Å². The molecule has 0 spiro atoms. The number of nitrogens with zero attached hydrogens (tertiary/aromatic N) is 4. The third kappa shape index (κ3) is 3.84. The molecule has 32 heavy (non-hydrogen) atoms. The largest absolute Gasteiger partial charge is 0.424 e. The normalized spacial score (nSPS) is 11.8. The van der Waals surface area contributed by atoms with E-state index in [1.807, 2.05) is 12.1 Å². The maximum absolute atomic E-state index is 13.0. The Hall–Kier alpha value is -3.32. The third-order valence-electron chi connectivity index (χ3n) is 5.51. The molecule has 0 atom stereocenters. The Balaban J connectivity index is 1.89. The fraction of sp³-hybridized carbons (Fsp3) is 0.292. The SMILES string of the molecule is Cn1c(=O)c2c(nc(Oc3ccccc3Cl)n2Cc2ccc(C(C)(C)C)cc2)n(C)c1=O. The van der Waals surface area contributed by atoms with E-state index in [-0.39, 0.29) is 22.6 Å². The lowest BCUT2D eigenvalue weighted by Gasteiger charge is -2.19. The molecule has 8 heteroatoms. The molecular formula is C24H25ClN4O3. The molecule has 2 heterocycles. The van der Waals surface area contributed by atoms with Crippen molar-refractivity contribution in [2.24, 2.45) is 14.1 Å². The average molecular weight is 453 g/mol. The number of aryl methyl sites for hydroxylation is 1. The number of aromatic nitrogens is 4. The minimum absolute atomic E-state index is 0.0345. The van der Waals surface area contributed by atoms with Crippen LogP contribution in [0.2, 0.25) is 5.02 Å². The second-order valence-corrected chi connectivity index (χ2v) is 9.25. The highest BCUT2D eigenvalue weighted by molar-refractivity contribution is 6.32. The summed E-state index contributed by atoms with van der Waals surface area (Å²) in [7, 11) is 3.03. The second kappa shape index (κ2) is 7.98. The van der Waals surface area contributed by atoms with Gasteiger partial charge in [-0.25, -0.2) is 4.79 Å². The zero-order valence-corrected chi connectivity index (χ0v) is 19.5. The first kappa shape index (κ1) is 21.9. The molecule has 0 aliphatic carbocycles. The zero-order chi connectivity index (χ0) is 23.2. The summed E-state index contributed by atoms with van der Waals surface area (Å²) >= 11 is 6.28. The van der Waals surface area contributed by atoms with Crippen molar-refractivity contribution in [3.8, 4) is 11.8 Å². The molecule has 4 aromatic rings. The Labute approximate surface area is 190 Å². The highest BCUT2D eigenvalue weighted by atomic mass is 35.5. The van der Waals surface area contributed by atoms with Gasteiger partial charge in [0.15, 0.2) is 11.2 Å². The van der Waals surface area contributed by atoms with Gasteiger partial charge in [-0.15, -0.1) is 0 Å². The smallest absolute Gasteiger partial charge is 0.332 e. The summed E-state index contributed by atoms with van der Waals surface area (Å²) in [4.78, 5) is 30.0. The molecule has 0 radical (unpaired) electrons. The van der Waals surface area contributed by atoms with Gasteiger partial charge in [0.25, 0.3) is 5.56 Å². The molecule has 0 N–H and O–H groups in total. The summed E-state index contributed by atoms with van der Waals surface area (Å²) in [5.41, 5.74) is 1.87. The van der Waals surface area contributed by atoms with E-state index >= 15 is 0 Å². The van der Waals surface area contributed by atoms with Crippen molar-refractivity contribution in [3.63, 3.8) is 0 Å². The van der Waals surface area contributed by atoms with Crippen LogP contribution in [0.4, 0.5) is 0 Å². The monoisotopic (exact) mass is 452 g/mol. The molecule has 0 saturated heterocycles. The van der Waals surface area contributed by atoms with Crippen LogP contribution in [0.1, 0.15) is 31.9 Å². The molecule has 0 aliphatic heterocycles. The molecule has 0 amide bonds. The average Bonchev–Trinajstić information content (AvgIpc) is 3.10. The number of halogens is 1. The summed E-state index contributed by atoms with van der Waals surface area (Å²) in [5.74, 6) is 0.413. The van der Waals surface area contributed by atoms with Crippen LogP contribution < -0.4 is 16.0 Å². The van der Waals surface area contributed by atoms with Crippen LogP contribution in [-0.2, 0) is 26.1 Å². The topological polar surface area (TPSA) is 71.1 Å². The number of fused-ring (bicyclic) bond motifs is 1. The quantitative estimate of drug-likeness (QED) is 0.464. The van der Waals surface area contributed by atoms with Gasteiger partial charge in [-0.1, -0.05) is 68.8 Å². The number of hydrogen-bond donors (Lipinski definition) is 0. The van der Waals surface area contributed by atoms with E-state index < -0.39 is 11.2 Å². The Morgan fingerprint density at radius 3 is 2.25 bits per heavy atom. The minimum Gasteiger partial charge on any atom is -0.424 e. The summed E-state index contributed by atoms with van der Waals surface area (Å²) in [6.07, 6.45) is 0. The summed E-state index contributed by atoms with van der Waals surface area (Å²) < 4.78 is 10.1. The summed E-state index contributed by atoms with van der Waals surface area (Å²) in [6.45, 7) is 6.82. The van der Waals surface area contributed by atoms with Crippen molar-refractivity contribution in [2.75, 3.05) is 0 Å². The van der Waals surface area contributed by atoms with Gasteiger partial charge < -0.3 is 4.74 Å². The van der Waals surface area contributed by atoms with Gasteiger partial charge in [0.05, 0.1) is 11.6 Å². The molecule has 0 fully saturated rings. The Morgan fingerprint density at radius 2 is 1.62 bits per heavy atom.